The molecule has 1 fully saturated rings. The van der Waals surface area contributed by atoms with Crippen LogP contribution in [0.25, 0.3) is 0 Å². The second kappa shape index (κ2) is 6.61. The van der Waals surface area contributed by atoms with Crippen LogP contribution in [0.2, 0.25) is 0 Å². The quantitative estimate of drug-likeness (QED) is 0.721. The van der Waals surface area contributed by atoms with Crippen LogP contribution in [0.4, 0.5) is 0 Å². The van der Waals surface area contributed by atoms with Gasteiger partial charge in [0.2, 0.25) is 0 Å². The first kappa shape index (κ1) is 16.0. The molecule has 0 spiro atoms. The highest BCUT2D eigenvalue weighted by Crippen LogP contribution is 2.49. The largest absolute Gasteiger partial charge is 0.464 e. The fraction of sp³-hybridized carbons (Fsp3) is 0.611. The van der Waals surface area contributed by atoms with Crippen LogP contribution in [0.15, 0.2) is 30.3 Å². The lowest BCUT2D eigenvalue weighted by molar-refractivity contribution is -0.147. The van der Waals surface area contributed by atoms with E-state index >= 15 is 0 Å². The van der Waals surface area contributed by atoms with Gasteiger partial charge in [-0.15, -0.1) is 0 Å². The third-order valence-corrected chi connectivity index (χ3v) is 4.38. The Balaban J connectivity index is 1.88. The number of carbonyl (C=O) groups excluding carboxylic acids is 1. The van der Waals surface area contributed by atoms with Gasteiger partial charge in [0.15, 0.2) is 0 Å². The number of ether oxygens (including phenoxy) is 1. The summed E-state index contributed by atoms with van der Waals surface area (Å²) < 4.78 is 5.57. The van der Waals surface area contributed by atoms with Crippen LogP contribution in [0.3, 0.4) is 0 Å². The van der Waals surface area contributed by atoms with E-state index in [2.05, 4.69) is 32.6 Å². The fourth-order valence-electron chi connectivity index (χ4n) is 2.99. The van der Waals surface area contributed by atoms with Crippen LogP contribution < -0.4 is 0 Å². The van der Waals surface area contributed by atoms with Gasteiger partial charge < -0.3 is 4.74 Å². The molecule has 0 N–H and O–H groups in total. The van der Waals surface area contributed by atoms with E-state index in [1.54, 1.807) is 0 Å². The lowest BCUT2D eigenvalue weighted by atomic mass is 9.96. The van der Waals surface area contributed by atoms with Gasteiger partial charge in [-0.2, -0.15) is 0 Å². The standard InChI is InChI=1S/C18H27NO2/c1-14(2)19(15(3)4)12-13-21-17(20)18(10-11-18)16-8-6-5-7-9-16/h5-9,14-15H,10-13H2,1-4H3. The molecule has 1 aliphatic rings. The predicted molar refractivity (Wildman–Crippen MR) is 85.3 cm³/mol. The molecule has 1 aromatic rings. The molecule has 3 heteroatoms. The minimum absolute atomic E-state index is 0.0545. The Morgan fingerprint density at radius 3 is 2.19 bits per heavy atom. The molecule has 0 unspecified atom stereocenters. The molecule has 3 nitrogen and oxygen atoms in total. The van der Waals surface area contributed by atoms with Gasteiger partial charge in [0.1, 0.15) is 6.61 Å². The Labute approximate surface area is 128 Å². The van der Waals surface area contributed by atoms with Crippen molar-refractivity contribution in [2.75, 3.05) is 13.2 Å². The minimum atomic E-state index is -0.359. The van der Waals surface area contributed by atoms with Gasteiger partial charge >= 0.3 is 5.97 Å². The zero-order valence-corrected chi connectivity index (χ0v) is 13.6. The molecule has 0 atom stereocenters. The van der Waals surface area contributed by atoms with Crippen molar-refractivity contribution in [3.05, 3.63) is 35.9 Å². The molecular formula is C18H27NO2. The number of carbonyl (C=O) groups is 1. The Kier molecular flexibility index (Phi) is 5.04. The van der Waals surface area contributed by atoms with Crippen LogP contribution in [-0.4, -0.2) is 36.1 Å². The lowest BCUT2D eigenvalue weighted by Gasteiger charge is -2.30. The van der Waals surface area contributed by atoms with Gasteiger partial charge in [-0.3, -0.25) is 9.69 Å². The summed E-state index contributed by atoms with van der Waals surface area (Å²) in [7, 11) is 0. The van der Waals surface area contributed by atoms with Crippen molar-refractivity contribution >= 4 is 5.97 Å². The van der Waals surface area contributed by atoms with Gasteiger partial charge in [0.05, 0.1) is 5.41 Å². The Hall–Kier alpha value is -1.35. The number of esters is 1. The van der Waals surface area contributed by atoms with Crippen molar-refractivity contribution in [1.82, 2.24) is 4.90 Å². The summed E-state index contributed by atoms with van der Waals surface area (Å²) in [5.41, 5.74) is 0.737. The molecule has 2 rings (SSSR count). The zero-order valence-electron chi connectivity index (χ0n) is 13.6. The topological polar surface area (TPSA) is 29.5 Å². The van der Waals surface area contributed by atoms with E-state index in [1.165, 1.54) is 0 Å². The number of rotatable bonds is 7. The summed E-state index contributed by atoms with van der Waals surface area (Å²) in [5, 5.41) is 0. The highest BCUT2D eigenvalue weighted by atomic mass is 16.5. The Bertz CT molecular complexity index is 455. The molecule has 0 aliphatic heterocycles. The number of benzene rings is 1. The second-order valence-corrected chi connectivity index (χ2v) is 6.51. The first-order valence-corrected chi connectivity index (χ1v) is 7.96. The highest BCUT2D eigenvalue weighted by molar-refractivity contribution is 5.86. The fourth-order valence-corrected chi connectivity index (χ4v) is 2.99. The van der Waals surface area contributed by atoms with E-state index in [0.717, 1.165) is 24.9 Å². The first-order valence-electron chi connectivity index (χ1n) is 7.96. The van der Waals surface area contributed by atoms with E-state index in [4.69, 9.17) is 4.74 Å². The molecule has 1 aliphatic carbocycles. The molecule has 0 amide bonds. The van der Waals surface area contributed by atoms with Crippen molar-refractivity contribution in [3.63, 3.8) is 0 Å². The molecule has 0 aromatic heterocycles. The van der Waals surface area contributed by atoms with E-state index < -0.39 is 0 Å². The van der Waals surface area contributed by atoms with Crippen LogP contribution in [0.1, 0.15) is 46.1 Å². The number of hydrogen-bond donors (Lipinski definition) is 0. The van der Waals surface area contributed by atoms with Crippen LogP contribution in [0, 0.1) is 0 Å². The van der Waals surface area contributed by atoms with Gasteiger partial charge in [-0.25, -0.2) is 0 Å². The van der Waals surface area contributed by atoms with Crippen LogP contribution in [-0.2, 0) is 14.9 Å². The summed E-state index contributed by atoms with van der Waals surface area (Å²) in [4.78, 5) is 14.8. The summed E-state index contributed by atoms with van der Waals surface area (Å²) >= 11 is 0. The van der Waals surface area contributed by atoms with Crippen molar-refractivity contribution < 1.29 is 9.53 Å². The third-order valence-electron chi connectivity index (χ3n) is 4.38. The summed E-state index contributed by atoms with van der Waals surface area (Å²) in [6, 6.07) is 10.9. The van der Waals surface area contributed by atoms with Gasteiger partial charge in [-0.1, -0.05) is 30.3 Å². The number of nitrogens with zero attached hydrogens (tertiary/aromatic N) is 1. The molecule has 1 saturated carbocycles. The predicted octanol–water partition coefficient (Wildman–Crippen LogP) is 3.38. The molecule has 0 saturated heterocycles. The molecular weight excluding hydrogens is 262 g/mol. The summed E-state index contributed by atoms with van der Waals surface area (Å²) in [6.45, 7) is 9.97. The monoisotopic (exact) mass is 289 g/mol. The second-order valence-electron chi connectivity index (χ2n) is 6.51. The molecule has 1 aromatic carbocycles. The van der Waals surface area contributed by atoms with Gasteiger partial charge in [0, 0.05) is 18.6 Å². The van der Waals surface area contributed by atoms with Crippen molar-refractivity contribution in [3.8, 4) is 0 Å². The molecule has 0 heterocycles. The zero-order chi connectivity index (χ0) is 15.5. The van der Waals surface area contributed by atoms with Crippen molar-refractivity contribution in [1.29, 1.82) is 0 Å². The van der Waals surface area contributed by atoms with Crippen LogP contribution in [0.5, 0.6) is 0 Å². The Morgan fingerprint density at radius 1 is 1.14 bits per heavy atom. The van der Waals surface area contributed by atoms with Crippen molar-refractivity contribution in [2.24, 2.45) is 0 Å². The van der Waals surface area contributed by atoms with Gasteiger partial charge in [0.25, 0.3) is 0 Å². The SMILES string of the molecule is CC(C)N(CCOC(=O)C1(c2ccccc2)CC1)C(C)C. The highest BCUT2D eigenvalue weighted by Gasteiger charge is 2.52. The summed E-state index contributed by atoms with van der Waals surface area (Å²) in [6.07, 6.45) is 1.82. The summed E-state index contributed by atoms with van der Waals surface area (Å²) in [5.74, 6) is -0.0545. The normalized spacial score (nSPS) is 16.5. The maximum Gasteiger partial charge on any atom is 0.316 e. The third kappa shape index (κ3) is 3.65. The molecule has 0 bridgehead atoms. The smallest absolute Gasteiger partial charge is 0.316 e. The van der Waals surface area contributed by atoms with Crippen molar-refractivity contribution in [2.45, 2.75) is 58.0 Å². The average molecular weight is 289 g/mol. The van der Waals surface area contributed by atoms with E-state index in [-0.39, 0.29) is 11.4 Å². The maximum atomic E-state index is 12.4. The van der Waals surface area contributed by atoms with E-state index in [1.807, 2.05) is 30.3 Å². The molecule has 116 valence electrons. The van der Waals surface area contributed by atoms with E-state index in [0.29, 0.717) is 18.7 Å². The number of hydrogen-bond acceptors (Lipinski definition) is 3. The Morgan fingerprint density at radius 2 is 1.71 bits per heavy atom. The average Bonchev–Trinajstić information content (AvgIpc) is 3.25. The van der Waals surface area contributed by atoms with E-state index in [9.17, 15) is 4.79 Å². The minimum Gasteiger partial charge on any atom is -0.464 e. The lowest BCUT2D eigenvalue weighted by Crippen LogP contribution is -2.40. The first-order chi connectivity index (χ1) is 9.97. The van der Waals surface area contributed by atoms with Gasteiger partial charge in [-0.05, 0) is 46.1 Å². The maximum absolute atomic E-state index is 12.4. The molecule has 0 radical (unpaired) electrons. The molecule has 21 heavy (non-hydrogen) atoms. The van der Waals surface area contributed by atoms with Crippen LogP contribution >= 0.6 is 0 Å².